The smallest absolute Gasteiger partial charge is 0.317 e. The molecule has 6 heteroatoms. The van der Waals surface area contributed by atoms with Crippen LogP contribution in [-0.2, 0) is 11.3 Å². The Balaban J connectivity index is 1.86. The number of carbonyl (C=O) groups is 1. The molecule has 1 N–H and O–H groups in total. The van der Waals surface area contributed by atoms with Crippen molar-refractivity contribution in [3.8, 4) is 0 Å². The number of aliphatic carboxylic acids is 1. The summed E-state index contributed by atoms with van der Waals surface area (Å²) in [6.07, 6.45) is 2.05. The third-order valence-corrected chi connectivity index (χ3v) is 5.42. The SMILES string of the molecule is CCN(CC(=O)O)C1CCN(Cc2ccc(Cl)c(Br)c2)CC1. The number of carboxylic acid groups (broad SMARTS) is 1. The molecule has 4 nitrogen and oxygen atoms in total. The normalized spacial score (nSPS) is 17.1. The third kappa shape index (κ3) is 4.95. The first-order valence-corrected chi connectivity index (χ1v) is 8.78. The highest BCUT2D eigenvalue weighted by Crippen LogP contribution is 2.25. The average molecular weight is 390 g/mol. The Morgan fingerprint density at radius 2 is 2.14 bits per heavy atom. The molecule has 0 aromatic heterocycles. The molecular weight excluding hydrogens is 368 g/mol. The van der Waals surface area contributed by atoms with E-state index in [0.717, 1.165) is 48.5 Å². The molecule has 1 aliphatic rings. The van der Waals surface area contributed by atoms with Gasteiger partial charge in [-0.15, -0.1) is 0 Å². The second kappa shape index (κ2) is 8.29. The zero-order valence-electron chi connectivity index (χ0n) is 12.8. The number of rotatable bonds is 6. The number of piperidine rings is 1. The van der Waals surface area contributed by atoms with Gasteiger partial charge in [0.1, 0.15) is 0 Å². The summed E-state index contributed by atoms with van der Waals surface area (Å²) in [4.78, 5) is 15.4. The van der Waals surface area contributed by atoms with Crippen molar-refractivity contribution in [2.45, 2.75) is 32.4 Å². The van der Waals surface area contributed by atoms with Gasteiger partial charge in [0.05, 0.1) is 11.6 Å². The van der Waals surface area contributed by atoms with E-state index in [9.17, 15) is 4.79 Å². The van der Waals surface area contributed by atoms with Gasteiger partial charge in [-0.05, 0) is 66.1 Å². The van der Waals surface area contributed by atoms with E-state index in [-0.39, 0.29) is 6.54 Å². The van der Waals surface area contributed by atoms with Gasteiger partial charge in [0.2, 0.25) is 0 Å². The Morgan fingerprint density at radius 3 is 2.68 bits per heavy atom. The van der Waals surface area contributed by atoms with E-state index in [0.29, 0.717) is 6.04 Å². The molecule has 22 heavy (non-hydrogen) atoms. The van der Waals surface area contributed by atoms with E-state index >= 15 is 0 Å². The van der Waals surface area contributed by atoms with Crippen molar-refractivity contribution in [2.75, 3.05) is 26.2 Å². The van der Waals surface area contributed by atoms with E-state index in [1.807, 2.05) is 13.0 Å². The molecule has 0 amide bonds. The highest BCUT2D eigenvalue weighted by Gasteiger charge is 2.24. The van der Waals surface area contributed by atoms with Crippen LogP contribution in [0.1, 0.15) is 25.3 Å². The summed E-state index contributed by atoms with van der Waals surface area (Å²) in [5.74, 6) is -0.740. The maximum Gasteiger partial charge on any atom is 0.317 e. The van der Waals surface area contributed by atoms with Crippen molar-refractivity contribution in [1.82, 2.24) is 9.80 Å². The molecule has 1 aromatic carbocycles. The average Bonchev–Trinajstić information content (AvgIpc) is 2.49. The minimum absolute atomic E-state index is 0.144. The van der Waals surface area contributed by atoms with E-state index < -0.39 is 5.97 Å². The summed E-state index contributed by atoms with van der Waals surface area (Å²) in [6, 6.07) is 6.42. The van der Waals surface area contributed by atoms with Gasteiger partial charge in [-0.25, -0.2) is 0 Å². The molecule has 1 aromatic rings. The van der Waals surface area contributed by atoms with Crippen molar-refractivity contribution < 1.29 is 9.90 Å². The zero-order valence-corrected chi connectivity index (χ0v) is 15.1. The van der Waals surface area contributed by atoms with Crippen LogP contribution < -0.4 is 0 Å². The molecule has 0 atom stereocenters. The standard InChI is InChI=1S/C16H22BrClN2O2/c1-2-20(11-16(21)22)13-5-7-19(8-6-13)10-12-3-4-15(18)14(17)9-12/h3-4,9,13H,2,5-8,10-11H2,1H3,(H,21,22). The number of carboxylic acids is 1. The number of benzene rings is 1. The minimum atomic E-state index is -0.740. The highest BCUT2D eigenvalue weighted by atomic mass is 79.9. The van der Waals surface area contributed by atoms with Crippen LogP contribution in [0.3, 0.4) is 0 Å². The van der Waals surface area contributed by atoms with Gasteiger partial charge in [0.15, 0.2) is 0 Å². The minimum Gasteiger partial charge on any atom is -0.480 e. The fourth-order valence-corrected chi connectivity index (χ4v) is 3.56. The molecule has 122 valence electrons. The summed E-state index contributed by atoms with van der Waals surface area (Å²) in [5.41, 5.74) is 1.24. The topological polar surface area (TPSA) is 43.8 Å². The largest absolute Gasteiger partial charge is 0.480 e. The molecule has 1 aliphatic heterocycles. The molecule has 1 heterocycles. The summed E-state index contributed by atoms with van der Waals surface area (Å²) in [6.45, 7) is 5.88. The van der Waals surface area contributed by atoms with Crippen molar-refractivity contribution >= 4 is 33.5 Å². The maximum atomic E-state index is 10.9. The van der Waals surface area contributed by atoms with Gasteiger partial charge >= 0.3 is 5.97 Å². The lowest BCUT2D eigenvalue weighted by molar-refractivity contribution is -0.139. The number of likely N-dealkylation sites (tertiary alicyclic amines) is 1. The molecule has 1 fully saturated rings. The van der Waals surface area contributed by atoms with Gasteiger partial charge < -0.3 is 5.11 Å². The van der Waals surface area contributed by atoms with E-state index in [2.05, 4.69) is 37.9 Å². The molecular formula is C16H22BrClN2O2. The number of nitrogens with zero attached hydrogens (tertiary/aromatic N) is 2. The lowest BCUT2D eigenvalue weighted by Crippen LogP contribution is -2.46. The quantitative estimate of drug-likeness (QED) is 0.809. The molecule has 0 unspecified atom stereocenters. The number of halogens is 2. The monoisotopic (exact) mass is 388 g/mol. The van der Waals surface area contributed by atoms with Gasteiger partial charge in [0.25, 0.3) is 0 Å². The van der Waals surface area contributed by atoms with Crippen LogP contribution in [0.5, 0.6) is 0 Å². The predicted octanol–water partition coefficient (Wildman–Crippen LogP) is 3.47. The van der Waals surface area contributed by atoms with E-state index in [1.165, 1.54) is 5.56 Å². The van der Waals surface area contributed by atoms with E-state index in [1.54, 1.807) is 0 Å². The summed E-state index contributed by atoms with van der Waals surface area (Å²) in [7, 11) is 0. The number of hydrogen-bond acceptors (Lipinski definition) is 3. The first kappa shape index (κ1) is 17.7. The van der Waals surface area contributed by atoms with Crippen LogP contribution in [0.2, 0.25) is 5.02 Å². The predicted molar refractivity (Wildman–Crippen MR) is 92.3 cm³/mol. The van der Waals surface area contributed by atoms with Gasteiger partial charge in [-0.1, -0.05) is 24.6 Å². The van der Waals surface area contributed by atoms with Crippen LogP contribution in [-0.4, -0.2) is 53.1 Å². The first-order valence-electron chi connectivity index (χ1n) is 7.61. The van der Waals surface area contributed by atoms with Crippen molar-refractivity contribution in [3.05, 3.63) is 33.3 Å². The lowest BCUT2D eigenvalue weighted by Gasteiger charge is -2.37. The fraction of sp³-hybridized carbons (Fsp3) is 0.562. The van der Waals surface area contributed by atoms with Gasteiger partial charge in [0, 0.05) is 17.1 Å². The van der Waals surface area contributed by atoms with Crippen LogP contribution in [0.15, 0.2) is 22.7 Å². The summed E-state index contributed by atoms with van der Waals surface area (Å²) >= 11 is 9.48. The maximum absolute atomic E-state index is 10.9. The summed E-state index contributed by atoms with van der Waals surface area (Å²) < 4.78 is 0.931. The Kier molecular flexibility index (Phi) is 6.68. The second-order valence-corrected chi connectivity index (χ2v) is 6.97. The first-order chi connectivity index (χ1) is 10.5. The second-order valence-electron chi connectivity index (χ2n) is 5.71. The molecule has 2 rings (SSSR count). The van der Waals surface area contributed by atoms with Crippen molar-refractivity contribution in [1.29, 1.82) is 0 Å². The van der Waals surface area contributed by atoms with E-state index in [4.69, 9.17) is 16.7 Å². The fourth-order valence-electron chi connectivity index (χ4n) is 3.01. The Labute approximate surface area is 145 Å². The van der Waals surface area contributed by atoms with Crippen LogP contribution in [0, 0.1) is 0 Å². The van der Waals surface area contributed by atoms with Crippen LogP contribution in [0.4, 0.5) is 0 Å². The van der Waals surface area contributed by atoms with Crippen LogP contribution in [0.25, 0.3) is 0 Å². The molecule has 0 bridgehead atoms. The zero-order chi connectivity index (χ0) is 16.1. The number of likely N-dealkylation sites (N-methyl/N-ethyl adjacent to an activating group) is 1. The van der Waals surface area contributed by atoms with Crippen molar-refractivity contribution in [3.63, 3.8) is 0 Å². The molecule has 0 radical (unpaired) electrons. The third-order valence-electron chi connectivity index (χ3n) is 4.21. The Hall–Kier alpha value is -0.620. The Morgan fingerprint density at radius 1 is 1.45 bits per heavy atom. The van der Waals surface area contributed by atoms with Crippen LogP contribution >= 0.6 is 27.5 Å². The highest BCUT2D eigenvalue weighted by molar-refractivity contribution is 9.10. The Bertz CT molecular complexity index is 519. The molecule has 1 saturated heterocycles. The lowest BCUT2D eigenvalue weighted by atomic mass is 10.0. The molecule has 0 aliphatic carbocycles. The van der Waals surface area contributed by atoms with Gasteiger partial charge in [-0.3, -0.25) is 14.6 Å². The molecule has 0 spiro atoms. The summed E-state index contributed by atoms with van der Waals surface area (Å²) in [5, 5.41) is 9.70. The van der Waals surface area contributed by atoms with Gasteiger partial charge in [-0.2, -0.15) is 0 Å². The molecule has 0 saturated carbocycles. The van der Waals surface area contributed by atoms with Crippen molar-refractivity contribution in [2.24, 2.45) is 0 Å². The number of hydrogen-bond donors (Lipinski definition) is 1.